The van der Waals surface area contributed by atoms with E-state index in [0.717, 1.165) is 31.7 Å². The largest absolute Gasteiger partial charge is 0.357 e. The summed E-state index contributed by atoms with van der Waals surface area (Å²) in [6.45, 7) is 1.62. The molecule has 1 fully saturated rings. The average Bonchev–Trinajstić information content (AvgIpc) is 2.61. The minimum absolute atomic E-state index is 0.0175. The molecule has 124 valence electrons. The molecule has 1 unspecified atom stereocenters. The molecule has 3 N–H and O–H groups in total. The van der Waals surface area contributed by atoms with E-state index in [4.69, 9.17) is 11.0 Å². The van der Waals surface area contributed by atoms with Crippen molar-refractivity contribution in [2.75, 3.05) is 30.4 Å². The predicted octanol–water partition coefficient (Wildman–Crippen LogP) is 2.12. The molecular weight excluding hydrogens is 307 g/mol. The van der Waals surface area contributed by atoms with Gasteiger partial charge in [0.05, 0.1) is 11.3 Å². The lowest BCUT2D eigenvalue weighted by Gasteiger charge is -2.32. The number of anilines is 2. The van der Waals surface area contributed by atoms with Gasteiger partial charge in [-0.2, -0.15) is 10.2 Å². The fourth-order valence-electron chi connectivity index (χ4n) is 2.84. The van der Waals surface area contributed by atoms with Crippen molar-refractivity contribution in [3.8, 4) is 17.3 Å². The van der Waals surface area contributed by atoms with E-state index >= 15 is 0 Å². The first-order valence-corrected chi connectivity index (χ1v) is 7.88. The standard InChI is InChI=1S/C17H19FN6/c1-21-17-22-15(11-4-5-12(9-19)14(18)7-11)8-16(23-17)24-6-2-3-13(20)10-24/h4-5,7-8,13H,2-3,6,10,20H2,1H3,(H,21,22,23). The Morgan fingerprint density at radius 1 is 1.38 bits per heavy atom. The van der Waals surface area contributed by atoms with Crippen molar-refractivity contribution in [2.24, 2.45) is 5.73 Å². The highest BCUT2D eigenvalue weighted by molar-refractivity contribution is 5.66. The maximum absolute atomic E-state index is 13.9. The molecule has 6 nitrogen and oxygen atoms in total. The van der Waals surface area contributed by atoms with E-state index in [-0.39, 0.29) is 11.6 Å². The van der Waals surface area contributed by atoms with Crippen LogP contribution in [0.4, 0.5) is 16.2 Å². The van der Waals surface area contributed by atoms with Crippen LogP contribution >= 0.6 is 0 Å². The van der Waals surface area contributed by atoms with Crippen molar-refractivity contribution in [3.63, 3.8) is 0 Å². The Morgan fingerprint density at radius 3 is 2.88 bits per heavy atom. The molecule has 1 aliphatic heterocycles. The fraction of sp³-hybridized carbons (Fsp3) is 0.353. The van der Waals surface area contributed by atoms with Gasteiger partial charge in [-0.15, -0.1) is 0 Å². The molecule has 0 amide bonds. The van der Waals surface area contributed by atoms with Crippen molar-refractivity contribution in [2.45, 2.75) is 18.9 Å². The first-order chi connectivity index (χ1) is 11.6. The number of nitrogens with zero attached hydrogens (tertiary/aromatic N) is 4. The minimum atomic E-state index is -0.554. The summed E-state index contributed by atoms with van der Waals surface area (Å²) in [5, 5.41) is 11.8. The molecule has 3 rings (SSSR count). The van der Waals surface area contributed by atoms with Gasteiger partial charge in [-0.25, -0.2) is 9.37 Å². The molecular formula is C17H19FN6. The Bertz CT molecular complexity index is 785. The number of halogens is 1. The first-order valence-electron chi connectivity index (χ1n) is 7.88. The third-order valence-electron chi connectivity index (χ3n) is 4.10. The van der Waals surface area contributed by atoms with E-state index in [0.29, 0.717) is 17.2 Å². The number of aromatic nitrogens is 2. The molecule has 1 aromatic heterocycles. The van der Waals surface area contributed by atoms with E-state index in [1.165, 1.54) is 12.1 Å². The molecule has 0 aliphatic carbocycles. The zero-order valence-corrected chi connectivity index (χ0v) is 13.5. The van der Waals surface area contributed by atoms with Gasteiger partial charge in [0.15, 0.2) is 0 Å². The third kappa shape index (κ3) is 3.29. The number of nitriles is 1. The normalized spacial score (nSPS) is 17.4. The van der Waals surface area contributed by atoms with Crippen LogP contribution in [0.1, 0.15) is 18.4 Å². The third-order valence-corrected chi connectivity index (χ3v) is 4.10. The van der Waals surface area contributed by atoms with Crippen molar-refractivity contribution < 1.29 is 4.39 Å². The molecule has 1 aromatic carbocycles. The topological polar surface area (TPSA) is 90.9 Å². The van der Waals surface area contributed by atoms with E-state index in [1.54, 1.807) is 13.1 Å². The van der Waals surface area contributed by atoms with Crippen LogP contribution in [0.5, 0.6) is 0 Å². The van der Waals surface area contributed by atoms with Gasteiger partial charge in [0, 0.05) is 37.8 Å². The molecule has 0 bridgehead atoms. The van der Waals surface area contributed by atoms with Crippen LogP contribution in [0.15, 0.2) is 24.3 Å². The summed E-state index contributed by atoms with van der Waals surface area (Å²) in [6, 6.07) is 8.26. The van der Waals surface area contributed by atoms with Crippen LogP contribution in [-0.4, -0.2) is 36.1 Å². The van der Waals surface area contributed by atoms with Crippen LogP contribution in [-0.2, 0) is 0 Å². The number of rotatable bonds is 3. The van der Waals surface area contributed by atoms with Crippen molar-refractivity contribution in [1.29, 1.82) is 5.26 Å². The molecule has 24 heavy (non-hydrogen) atoms. The lowest BCUT2D eigenvalue weighted by molar-refractivity contribution is 0.503. The highest BCUT2D eigenvalue weighted by Crippen LogP contribution is 2.26. The van der Waals surface area contributed by atoms with Crippen LogP contribution in [0.3, 0.4) is 0 Å². The quantitative estimate of drug-likeness (QED) is 0.898. The maximum atomic E-state index is 13.9. The van der Waals surface area contributed by atoms with Gasteiger partial charge in [0.1, 0.15) is 17.7 Å². The van der Waals surface area contributed by atoms with E-state index in [2.05, 4.69) is 20.2 Å². The highest BCUT2D eigenvalue weighted by atomic mass is 19.1. The highest BCUT2D eigenvalue weighted by Gasteiger charge is 2.19. The lowest BCUT2D eigenvalue weighted by Crippen LogP contribution is -2.43. The number of hydrogen-bond acceptors (Lipinski definition) is 6. The molecule has 0 spiro atoms. The fourth-order valence-corrected chi connectivity index (χ4v) is 2.84. The Balaban J connectivity index is 2.00. The summed E-state index contributed by atoms with van der Waals surface area (Å²) >= 11 is 0. The summed E-state index contributed by atoms with van der Waals surface area (Å²) in [6.07, 6.45) is 2.02. The average molecular weight is 326 g/mol. The van der Waals surface area contributed by atoms with Gasteiger partial charge < -0.3 is 16.0 Å². The van der Waals surface area contributed by atoms with Gasteiger partial charge in [0.25, 0.3) is 0 Å². The summed E-state index contributed by atoms with van der Waals surface area (Å²) in [5.74, 6) is 0.678. The second-order valence-electron chi connectivity index (χ2n) is 5.84. The van der Waals surface area contributed by atoms with Gasteiger partial charge in [-0.3, -0.25) is 0 Å². The molecule has 1 saturated heterocycles. The zero-order valence-electron chi connectivity index (χ0n) is 13.5. The van der Waals surface area contributed by atoms with Crippen molar-refractivity contribution >= 4 is 11.8 Å². The van der Waals surface area contributed by atoms with Crippen LogP contribution in [0.25, 0.3) is 11.3 Å². The van der Waals surface area contributed by atoms with Gasteiger partial charge in [-0.1, -0.05) is 6.07 Å². The van der Waals surface area contributed by atoms with E-state index < -0.39 is 5.82 Å². The molecule has 1 aliphatic rings. The van der Waals surface area contributed by atoms with Crippen LogP contribution < -0.4 is 16.0 Å². The zero-order chi connectivity index (χ0) is 17.1. The summed E-state index contributed by atoms with van der Waals surface area (Å²) < 4.78 is 13.9. The smallest absolute Gasteiger partial charge is 0.224 e. The van der Waals surface area contributed by atoms with Gasteiger partial charge in [0.2, 0.25) is 5.95 Å². The second-order valence-corrected chi connectivity index (χ2v) is 5.84. The summed E-state index contributed by atoms with van der Waals surface area (Å²) in [7, 11) is 1.74. The Morgan fingerprint density at radius 2 is 2.21 bits per heavy atom. The number of benzene rings is 1. The molecule has 2 heterocycles. The first kappa shape index (κ1) is 16.1. The predicted molar refractivity (Wildman–Crippen MR) is 91.1 cm³/mol. The second kappa shape index (κ2) is 6.81. The van der Waals surface area contributed by atoms with Crippen molar-refractivity contribution in [3.05, 3.63) is 35.6 Å². The lowest BCUT2D eigenvalue weighted by atomic mass is 10.1. The number of nitrogens with two attached hydrogens (primary N) is 1. The molecule has 0 saturated carbocycles. The van der Waals surface area contributed by atoms with E-state index in [1.807, 2.05) is 12.1 Å². The Kier molecular flexibility index (Phi) is 4.58. The van der Waals surface area contributed by atoms with Crippen LogP contribution in [0, 0.1) is 17.1 Å². The van der Waals surface area contributed by atoms with Crippen molar-refractivity contribution in [1.82, 2.24) is 9.97 Å². The molecule has 1 atom stereocenters. The SMILES string of the molecule is CNc1nc(-c2ccc(C#N)c(F)c2)cc(N2CCCC(N)C2)n1. The van der Waals surface area contributed by atoms with Crippen LogP contribution in [0.2, 0.25) is 0 Å². The molecule has 2 aromatic rings. The monoisotopic (exact) mass is 326 g/mol. The Labute approximate surface area is 140 Å². The Hall–Kier alpha value is -2.72. The minimum Gasteiger partial charge on any atom is -0.357 e. The van der Waals surface area contributed by atoms with Gasteiger partial charge >= 0.3 is 0 Å². The number of piperidine rings is 1. The van der Waals surface area contributed by atoms with E-state index in [9.17, 15) is 4.39 Å². The molecule has 7 heteroatoms. The maximum Gasteiger partial charge on any atom is 0.224 e. The number of nitrogens with one attached hydrogen (secondary N) is 1. The van der Waals surface area contributed by atoms with Gasteiger partial charge in [-0.05, 0) is 25.0 Å². The summed E-state index contributed by atoms with van der Waals surface area (Å²) in [4.78, 5) is 11.0. The molecule has 0 radical (unpaired) electrons. The number of hydrogen-bond donors (Lipinski definition) is 2. The summed E-state index contributed by atoms with van der Waals surface area (Å²) in [5.41, 5.74) is 7.28.